The van der Waals surface area contributed by atoms with Crippen molar-refractivity contribution in [3.63, 3.8) is 0 Å². The number of benzene rings is 1. The number of aryl methyl sites for hydroxylation is 1. The van der Waals surface area contributed by atoms with E-state index in [1.54, 1.807) is 6.92 Å². The Balaban J connectivity index is 2.50. The van der Waals surface area contributed by atoms with E-state index >= 15 is 0 Å². The average molecular weight is 240 g/mol. The molecule has 1 heterocycles. The third kappa shape index (κ3) is 1.84. The highest BCUT2D eigenvalue weighted by atomic mass is 35.5. The highest BCUT2D eigenvalue weighted by Gasteiger charge is 2.11. The molecular weight excluding hydrogens is 233 g/mol. The van der Waals surface area contributed by atoms with Crippen LogP contribution in [0.4, 0.5) is 4.39 Å². The summed E-state index contributed by atoms with van der Waals surface area (Å²) in [6.07, 6.45) is 0.605. The van der Waals surface area contributed by atoms with E-state index in [1.807, 2.05) is 0 Å². The second-order valence-electron chi connectivity index (χ2n) is 3.21. The van der Waals surface area contributed by atoms with Crippen LogP contribution in [-0.4, -0.2) is 11.3 Å². The van der Waals surface area contributed by atoms with Crippen LogP contribution in [0.25, 0.3) is 11.5 Å². The summed E-state index contributed by atoms with van der Waals surface area (Å²) in [7, 11) is 0. The summed E-state index contributed by atoms with van der Waals surface area (Å²) in [5.41, 5.74) is 0.762. The number of carbonyl (C=O) groups excluding carboxylic acids is 1. The molecule has 3 nitrogen and oxygen atoms in total. The van der Waals surface area contributed by atoms with Crippen molar-refractivity contribution in [3.8, 4) is 11.5 Å². The number of hydrogen-bond acceptors (Lipinski definition) is 3. The van der Waals surface area contributed by atoms with E-state index < -0.39 is 5.82 Å². The fourth-order valence-electron chi connectivity index (χ4n) is 1.27. The van der Waals surface area contributed by atoms with Gasteiger partial charge in [0.2, 0.25) is 5.89 Å². The Hall–Kier alpha value is -1.68. The lowest BCUT2D eigenvalue weighted by molar-refractivity contribution is 0.111. The summed E-state index contributed by atoms with van der Waals surface area (Å²) in [5.74, 6) is 0.163. The maximum atomic E-state index is 12.9. The highest BCUT2D eigenvalue weighted by molar-refractivity contribution is 6.31. The third-order valence-electron chi connectivity index (χ3n) is 2.11. The Morgan fingerprint density at radius 2 is 2.25 bits per heavy atom. The Morgan fingerprint density at radius 3 is 2.81 bits per heavy atom. The summed E-state index contributed by atoms with van der Waals surface area (Å²) in [6, 6.07) is 4.11. The number of carbonyl (C=O) groups is 1. The lowest BCUT2D eigenvalue weighted by Gasteiger charge is -1.97. The fourth-order valence-corrected chi connectivity index (χ4v) is 1.45. The molecule has 0 amide bonds. The first-order valence-electron chi connectivity index (χ1n) is 4.50. The molecule has 0 saturated carbocycles. The van der Waals surface area contributed by atoms with Crippen molar-refractivity contribution in [2.45, 2.75) is 6.92 Å². The maximum absolute atomic E-state index is 12.9. The Morgan fingerprint density at radius 1 is 1.50 bits per heavy atom. The average Bonchev–Trinajstić information content (AvgIpc) is 2.64. The summed E-state index contributed by atoms with van der Waals surface area (Å²) >= 11 is 5.63. The summed E-state index contributed by atoms with van der Waals surface area (Å²) in [5, 5.41) is -0.0130. The molecule has 0 unspecified atom stereocenters. The Labute approximate surface area is 95.9 Å². The number of hydrogen-bond donors (Lipinski definition) is 0. The molecule has 0 fully saturated rings. The van der Waals surface area contributed by atoms with Gasteiger partial charge in [-0.15, -0.1) is 0 Å². The van der Waals surface area contributed by atoms with Gasteiger partial charge < -0.3 is 4.42 Å². The van der Waals surface area contributed by atoms with E-state index in [-0.39, 0.29) is 16.6 Å². The van der Waals surface area contributed by atoms with Gasteiger partial charge in [-0.3, -0.25) is 4.79 Å². The van der Waals surface area contributed by atoms with Gasteiger partial charge >= 0.3 is 0 Å². The molecule has 2 aromatic rings. The quantitative estimate of drug-likeness (QED) is 0.756. The van der Waals surface area contributed by atoms with Gasteiger partial charge in [0.15, 0.2) is 6.29 Å². The first-order chi connectivity index (χ1) is 7.61. The predicted molar refractivity (Wildman–Crippen MR) is 57.0 cm³/mol. The molecule has 82 valence electrons. The summed E-state index contributed by atoms with van der Waals surface area (Å²) in [6.45, 7) is 1.63. The number of rotatable bonds is 2. The zero-order chi connectivity index (χ0) is 11.7. The SMILES string of the molecule is Cc1oc(-c2ccc(F)c(Cl)c2)nc1C=O. The zero-order valence-electron chi connectivity index (χ0n) is 8.33. The lowest BCUT2D eigenvalue weighted by Crippen LogP contribution is -1.83. The first kappa shape index (κ1) is 10.8. The van der Waals surface area contributed by atoms with Crippen molar-refractivity contribution >= 4 is 17.9 Å². The van der Waals surface area contributed by atoms with E-state index in [9.17, 15) is 9.18 Å². The van der Waals surface area contributed by atoms with E-state index in [1.165, 1.54) is 18.2 Å². The van der Waals surface area contributed by atoms with Gasteiger partial charge in [-0.1, -0.05) is 11.6 Å². The molecule has 0 spiro atoms. The molecule has 0 N–H and O–H groups in total. The molecule has 0 aliphatic heterocycles. The molecule has 0 saturated heterocycles. The monoisotopic (exact) mass is 239 g/mol. The van der Waals surface area contributed by atoms with Crippen LogP contribution in [0.5, 0.6) is 0 Å². The highest BCUT2D eigenvalue weighted by Crippen LogP contribution is 2.25. The van der Waals surface area contributed by atoms with Crippen molar-refractivity contribution in [1.82, 2.24) is 4.98 Å². The van der Waals surface area contributed by atoms with Gasteiger partial charge in [0.25, 0.3) is 0 Å². The van der Waals surface area contributed by atoms with Crippen molar-refractivity contribution in [2.24, 2.45) is 0 Å². The molecule has 0 atom stereocenters. The molecule has 16 heavy (non-hydrogen) atoms. The molecule has 2 rings (SSSR count). The fraction of sp³-hybridized carbons (Fsp3) is 0.0909. The molecule has 0 bridgehead atoms. The largest absolute Gasteiger partial charge is 0.441 e. The minimum absolute atomic E-state index is 0.0130. The van der Waals surface area contributed by atoms with Crippen LogP contribution >= 0.6 is 11.6 Å². The van der Waals surface area contributed by atoms with Crippen molar-refractivity contribution in [3.05, 3.63) is 40.5 Å². The normalized spacial score (nSPS) is 10.4. The van der Waals surface area contributed by atoms with E-state index in [4.69, 9.17) is 16.0 Å². The van der Waals surface area contributed by atoms with Gasteiger partial charge in [0.05, 0.1) is 5.02 Å². The van der Waals surface area contributed by atoms with Crippen LogP contribution < -0.4 is 0 Å². The number of aldehydes is 1. The molecule has 0 aliphatic carbocycles. The Bertz CT molecular complexity index is 551. The molecule has 0 radical (unpaired) electrons. The first-order valence-corrected chi connectivity index (χ1v) is 4.87. The van der Waals surface area contributed by atoms with Crippen LogP contribution in [0.2, 0.25) is 5.02 Å². The standard InChI is InChI=1S/C11H7ClFNO2/c1-6-10(5-15)14-11(16-6)7-2-3-9(13)8(12)4-7/h2-5H,1H3. The second kappa shape index (κ2) is 4.06. The number of aromatic nitrogens is 1. The molecule has 1 aromatic heterocycles. The van der Waals surface area contributed by atoms with Crippen LogP contribution in [0.15, 0.2) is 22.6 Å². The maximum Gasteiger partial charge on any atom is 0.227 e. The third-order valence-corrected chi connectivity index (χ3v) is 2.40. The number of halogens is 2. The van der Waals surface area contributed by atoms with Crippen LogP contribution in [0.3, 0.4) is 0 Å². The van der Waals surface area contributed by atoms with Crippen LogP contribution in [-0.2, 0) is 0 Å². The van der Waals surface area contributed by atoms with Gasteiger partial charge in [-0.05, 0) is 25.1 Å². The molecular formula is C11H7ClFNO2. The van der Waals surface area contributed by atoms with Crippen molar-refractivity contribution < 1.29 is 13.6 Å². The molecule has 1 aromatic carbocycles. The summed E-state index contributed by atoms with van der Waals surface area (Å²) < 4.78 is 18.2. The van der Waals surface area contributed by atoms with Crippen LogP contribution in [0.1, 0.15) is 16.2 Å². The van der Waals surface area contributed by atoms with Crippen molar-refractivity contribution in [2.75, 3.05) is 0 Å². The lowest BCUT2D eigenvalue weighted by atomic mass is 10.2. The van der Waals surface area contributed by atoms with Crippen molar-refractivity contribution in [1.29, 1.82) is 0 Å². The number of nitrogens with zero attached hydrogens (tertiary/aromatic N) is 1. The Kier molecular flexibility index (Phi) is 2.75. The van der Waals surface area contributed by atoms with Gasteiger partial charge in [-0.25, -0.2) is 9.37 Å². The minimum Gasteiger partial charge on any atom is -0.441 e. The van der Waals surface area contributed by atoms with Gasteiger partial charge in [0, 0.05) is 5.56 Å². The van der Waals surface area contributed by atoms with Gasteiger partial charge in [-0.2, -0.15) is 0 Å². The zero-order valence-corrected chi connectivity index (χ0v) is 9.08. The second-order valence-corrected chi connectivity index (χ2v) is 3.61. The number of oxazole rings is 1. The predicted octanol–water partition coefficient (Wildman–Crippen LogP) is 3.26. The van der Waals surface area contributed by atoms with E-state index in [0.29, 0.717) is 17.6 Å². The summed E-state index contributed by atoms with van der Waals surface area (Å²) in [4.78, 5) is 14.5. The van der Waals surface area contributed by atoms with Gasteiger partial charge in [0.1, 0.15) is 17.3 Å². The van der Waals surface area contributed by atoms with E-state index in [0.717, 1.165) is 0 Å². The molecule has 5 heteroatoms. The molecule has 0 aliphatic rings. The smallest absolute Gasteiger partial charge is 0.227 e. The topological polar surface area (TPSA) is 43.1 Å². The van der Waals surface area contributed by atoms with E-state index in [2.05, 4.69) is 4.98 Å². The van der Waals surface area contributed by atoms with Crippen LogP contribution in [0, 0.1) is 12.7 Å². The minimum atomic E-state index is -0.510.